The highest BCUT2D eigenvalue weighted by Crippen LogP contribution is 2.33. The SMILES string of the molecule is COc1ccc(S(=O)(=O)N2CCC[C@H]2C(=O)N[C@@H]2CCOc3ccccc32)cc1. The van der Waals surface area contributed by atoms with Crippen LogP contribution in [0.4, 0.5) is 0 Å². The molecular weight excluding hydrogens is 392 g/mol. The molecule has 2 aliphatic heterocycles. The fourth-order valence-electron chi connectivity index (χ4n) is 3.93. The number of nitrogens with one attached hydrogen (secondary N) is 1. The van der Waals surface area contributed by atoms with Crippen molar-refractivity contribution in [3.05, 3.63) is 54.1 Å². The molecule has 0 aliphatic carbocycles. The van der Waals surface area contributed by atoms with Gasteiger partial charge in [0.25, 0.3) is 0 Å². The Labute approximate surface area is 170 Å². The first-order valence-electron chi connectivity index (χ1n) is 9.68. The normalized spacial score (nSPS) is 21.8. The summed E-state index contributed by atoms with van der Waals surface area (Å²) in [6, 6.07) is 13.0. The van der Waals surface area contributed by atoms with Crippen LogP contribution in [-0.4, -0.2) is 44.9 Å². The fourth-order valence-corrected chi connectivity index (χ4v) is 5.59. The predicted octanol–water partition coefficient (Wildman–Crippen LogP) is 2.49. The van der Waals surface area contributed by atoms with Crippen molar-refractivity contribution < 1.29 is 22.7 Å². The van der Waals surface area contributed by atoms with E-state index in [1.165, 1.54) is 23.5 Å². The van der Waals surface area contributed by atoms with Crippen molar-refractivity contribution in [1.82, 2.24) is 9.62 Å². The number of nitrogens with zero attached hydrogens (tertiary/aromatic N) is 1. The van der Waals surface area contributed by atoms with E-state index < -0.39 is 16.1 Å². The van der Waals surface area contributed by atoms with Crippen molar-refractivity contribution in [3.8, 4) is 11.5 Å². The predicted molar refractivity (Wildman–Crippen MR) is 107 cm³/mol. The molecular formula is C21H24N2O5S. The first-order valence-corrected chi connectivity index (χ1v) is 11.1. The van der Waals surface area contributed by atoms with Crippen LogP contribution in [0.3, 0.4) is 0 Å². The number of sulfonamides is 1. The van der Waals surface area contributed by atoms with E-state index in [0.717, 1.165) is 11.3 Å². The Kier molecular flexibility index (Phi) is 5.47. The highest BCUT2D eigenvalue weighted by molar-refractivity contribution is 7.89. The van der Waals surface area contributed by atoms with Crippen LogP contribution in [0.15, 0.2) is 53.4 Å². The van der Waals surface area contributed by atoms with Gasteiger partial charge in [0.15, 0.2) is 0 Å². The number of fused-ring (bicyclic) bond motifs is 1. The lowest BCUT2D eigenvalue weighted by Gasteiger charge is -2.29. The van der Waals surface area contributed by atoms with Crippen LogP contribution in [0, 0.1) is 0 Å². The molecule has 2 aromatic carbocycles. The number of benzene rings is 2. The van der Waals surface area contributed by atoms with Crippen LogP contribution in [0.1, 0.15) is 30.9 Å². The third-order valence-electron chi connectivity index (χ3n) is 5.45. The summed E-state index contributed by atoms with van der Waals surface area (Å²) in [6.07, 6.45) is 1.81. The molecule has 1 amide bonds. The Morgan fingerprint density at radius 1 is 1.14 bits per heavy atom. The summed E-state index contributed by atoms with van der Waals surface area (Å²) in [5, 5.41) is 3.04. The molecule has 0 aromatic heterocycles. The molecule has 0 bridgehead atoms. The number of rotatable bonds is 5. The minimum Gasteiger partial charge on any atom is -0.497 e. The molecule has 8 heteroatoms. The van der Waals surface area contributed by atoms with Crippen molar-refractivity contribution in [2.24, 2.45) is 0 Å². The minimum atomic E-state index is -3.77. The lowest BCUT2D eigenvalue weighted by molar-refractivity contribution is -0.125. The van der Waals surface area contributed by atoms with Crippen molar-refractivity contribution >= 4 is 15.9 Å². The zero-order chi connectivity index (χ0) is 20.4. The van der Waals surface area contributed by atoms with Gasteiger partial charge in [-0.25, -0.2) is 8.42 Å². The summed E-state index contributed by atoms with van der Waals surface area (Å²) < 4.78 is 38.3. The van der Waals surface area contributed by atoms with Crippen LogP contribution < -0.4 is 14.8 Å². The first kappa shape index (κ1) is 19.7. The molecule has 2 atom stereocenters. The van der Waals surface area contributed by atoms with Gasteiger partial charge in [0.2, 0.25) is 15.9 Å². The van der Waals surface area contributed by atoms with Crippen molar-refractivity contribution in [1.29, 1.82) is 0 Å². The lowest BCUT2D eigenvalue weighted by Crippen LogP contribution is -2.47. The number of amides is 1. The molecule has 29 heavy (non-hydrogen) atoms. The van der Waals surface area contributed by atoms with Crippen molar-refractivity contribution in [2.45, 2.75) is 36.2 Å². The molecule has 2 aliphatic rings. The van der Waals surface area contributed by atoms with Gasteiger partial charge in [-0.2, -0.15) is 4.31 Å². The number of methoxy groups -OCH3 is 1. The second kappa shape index (κ2) is 8.04. The Morgan fingerprint density at radius 2 is 1.90 bits per heavy atom. The molecule has 0 saturated carbocycles. The van der Waals surface area contributed by atoms with Gasteiger partial charge < -0.3 is 14.8 Å². The molecule has 1 N–H and O–H groups in total. The topological polar surface area (TPSA) is 84.9 Å². The number of para-hydroxylation sites is 1. The minimum absolute atomic E-state index is 0.161. The monoisotopic (exact) mass is 416 g/mol. The van der Waals surface area contributed by atoms with Crippen LogP contribution in [0.5, 0.6) is 11.5 Å². The highest BCUT2D eigenvalue weighted by atomic mass is 32.2. The summed E-state index contributed by atoms with van der Waals surface area (Å²) in [4.78, 5) is 13.2. The zero-order valence-electron chi connectivity index (χ0n) is 16.2. The van der Waals surface area contributed by atoms with E-state index in [4.69, 9.17) is 9.47 Å². The van der Waals surface area contributed by atoms with Crippen molar-refractivity contribution in [3.63, 3.8) is 0 Å². The van der Waals surface area contributed by atoms with Gasteiger partial charge in [0, 0.05) is 18.5 Å². The fraction of sp³-hybridized carbons (Fsp3) is 0.381. The van der Waals surface area contributed by atoms with Crippen LogP contribution in [-0.2, 0) is 14.8 Å². The quantitative estimate of drug-likeness (QED) is 0.810. The molecule has 0 unspecified atom stereocenters. The van der Waals surface area contributed by atoms with E-state index in [2.05, 4.69) is 5.32 Å². The van der Waals surface area contributed by atoms with Gasteiger partial charge in [0.1, 0.15) is 17.5 Å². The molecule has 154 valence electrons. The maximum absolute atomic E-state index is 13.1. The molecule has 4 rings (SSSR count). The van der Waals surface area contributed by atoms with Crippen LogP contribution in [0.2, 0.25) is 0 Å². The zero-order valence-corrected chi connectivity index (χ0v) is 17.0. The van der Waals surface area contributed by atoms with Gasteiger partial charge in [-0.05, 0) is 43.2 Å². The van der Waals surface area contributed by atoms with E-state index >= 15 is 0 Å². The summed E-state index contributed by atoms with van der Waals surface area (Å²) in [5.41, 5.74) is 0.926. The number of carbonyl (C=O) groups is 1. The number of carbonyl (C=O) groups excluding carboxylic acids is 1. The number of ether oxygens (including phenoxy) is 2. The first-order chi connectivity index (χ1) is 14.0. The van der Waals surface area contributed by atoms with E-state index in [1.54, 1.807) is 12.1 Å². The van der Waals surface area contributed by atoms with Gasteiger partial charge in [0.05, 0.1) is 24.7 Å². The molecule has 2 aromatic rings. The van der Waals surface area contributed by atoms with E-state index in [-0.39, 0.29) is 16.8 Å². The van der Waals surface area contributed by atoms with E-state index in [0.29, 0.717) is 38.2 Å². The molecule has 0 spiro atoms. The average molecular weight is 416 g/mol. The number of hydrogen-bond donors (Lipinski definition) is 1. The maximum atomic E-state index is 13.1. The molecule has 7 nitrogen and oxygen atoms in total. The smallest absolute Gasteiger partial charge is 0.243 e. The van der Waals surface area contributed by atoms with Gasteiger partial charge in [-0.1, -0.05) is 18.2 Å². The van der Waals surface area contributed by atoms with E-state index in [1.807, 2.05) is 24.3 Å². The lowest BCUT2D eigenvalue weighted by atomic mass is 10.00. The van der Waals surface area contributed by atoms with Crippen LogP contribution in [0.25, 0.3) is 0 Å². The Bertz CT molecular complexity index is 990. The third kappa shape index (κ3) is 3.82. The van der Waals surface area contributed by atoms with Crippen molar-refractivity contribution in [2.75, 3.05) is 20.3 Å². The Hall–Kier alpha value is -2.58. The summed E-state index contributed by atoms with van der Waals surface area (Å²) in [5.74, 6) is 1.08. The van der Waals surface area contributed by atoms with Gasteiger partial charge >= 0.3 is 0 Å². The van der Waals surface area contributed by atoms with E-state index in [9.17, 15) is 13.2 Å². The average Bonchev–Trinajstić information content (AvgIpc) is 3.25. The van der Waals surface area contributed by atoms with Crippen LogP contribution >= 0.6 is 0 Å². The number of hydrogen-bond acceptors (Lipinski definition) is 5. The molecule has 2 heterocycles. The third-order valence-corrected chi connectivity index (χ3v) is 7.37. The summed E-state index contributed by atoms with van der Waals surface area (Å²) in [7, 11) is -2.24. The second-order valence-corrected chi connectivity index (χ2v) is 9.08. The molecule has 0 radical (unpaired) electrons. The molecule has 1 fully saturated rings. The largest absolute Gasteiger partial charge is 0.497 e. The Morgan fingerprint density at radius 3 is 2.66 bits per heavy atom. The standard InChI is InChI=1S/C21H24N2O5S/c1-27-15-8-10-16(11-9-15)29(25,26)23-13-4-6-19(23)21(24)22-18-12-14-28-20-7-3-2-5-17(18)20/h2-3,5,7-11,18-19H,4,6,12-14H2,1H3,(H,22,24)/t18-,19+/m1/s1. The second-order valence-electron chi connectivity index (χ2n) is 7.19. The van der Waals surface area contributed by atoms with Gasteiger partial charge in [-0.15, -0.1) is 0 Å². The summed E-state index contributed by atoms with van der Waals surface area (Å²) in [6.45, 7) is 0.845. The summed E-state index contributed by atoms with van der Waals surface area (Å²) >= 11 is 0. The van der Waals surface area contributed by atoms with Gasteiger partial charge in [-0.3, -0.25) is 4.79 Å². The Balaban J connectivity index is 1.53. The highest BCUT2D eigenvalue weighted by Gasteiger charge is 2.40. The maximum Gasteiger partial charge on any atom is 0.243 e. The molecule has 1 saturated heterocycles.